The highest BCUT2D eigenvalue weighted by molar-refractivity contribution is 7.10. The molecular formula is C20H16F3NO3S. The van der Waals surface area contributed by atoms with Crippen molar-refractivity contribution in [3.05, 3.63) is 58.8 Å². The lowest BCUT2D eigenvalue weighted by Crippen LogP contribution is -2.23. The first kappa shape index (κ1) is 18.5. The molecule has 28 heavy (non-hydrogen) atoms. The third kappa shape index (κ3) is 3.73. The van der Waals surface area contributed by atoms with Crippen LogP contribution >= 0.6 is 11.3 Å². The molecule has 146 valence electrons. The highest BCUT2D eigenvalue weighted by Gasteiger charge is 2.31. The molecule has 1 aliphatic heterocycles. The molecule has 0 saturated carbocycles. The van der Waals surface area contributed by atoms with Crippen LogP contribution in [-0.4, -0.2) is 20.1 Å². The summed E-state index contributed by atoms with van der Waals surface area (Å²) in [5.74, 6) is 1.12. The van der Waals surface area contributed by atoms with Crippen molar-refractivity contribution < 1.29 is 27.4 Å². The first-order valence-electron chi connectivity index (χ1n) is 8.44. The number of anilines is 1. The minimum Gasteiger partial charge on any atom is -0.496 e. The maximum atomic E-state index is 12.5. The van der Waals surface area contributed by atoms with Crippen LogP contribution in [0.5, 0.6) is 17.2 Å². The molecule has 1 aromatic heterocycles. The predicted octanol–water partition coefficient (Wildman–Crippen LogP) is 5.87. The molecule has 1 atom stereocenters. The largest absolute Gasteiger partial charge is 0.573 e. The Labute approximate surface area is 163 Å². The van der Waals surface area contributed by atoms with Crippen LogP contribution in [0.25, 0.3) is 11.1 Å². The molecule has 1 aliphatic rings. The summed E-state index contributed by atoms with van der Waals surface area (Å²) in [6, 6.07) is 13.2. The number of hydrogen-bond acceptors (Lipinski definition) is 5. The van der Waals surface area contributed by atoms with Gasteiger partial charge in [-0.05, 0) is 35.2 Å². The van der Waals surface area contributed by atoms with E-state index in [1.165, 1.54) is 18.2 Å². The second-order valence-corrected chi connectivity index (χ2v) is 7.07. The summed E-state index contributed by atoms with van der Waals surface area (Å²) >= 11 is 1.57. The molecule has 0 radical (unpaired) electrons. The molecule has 0 bridgehead atoms. The normalized spacial score (nSPS) is 15.9. The summed E-state index contributed by atoms with van der Waals surface area (Å²) < 4.78 is 53.0. The Bertz CT molecular complexity index is 987. The SMILES string of the molecule is COc1ccsc1C1COc2c(cccc2-c2cccc(OC(F)(F)F)c2)N1. The number of ether oxygens (including phenoxy) is 3. The minimum atomic E-state index is -4.74. The summed E-state index contributed by atoms with van der Waals surface area (Å²) in [7, 11) is 1.62. The molecule has 3 aromatic rings. The summed E-state index contributed by atoms with van der Waals surface area (Å²) in [6.07, 6.45) is -4.74. The molecule has 0 spiro atoms. The Hall–Kier alpha value is -2.87. The summed E-state index contributed by atoms with van der Waals surface area (Å²) in [4.78, 5) is 1.03. The molecule has 4 rings (SSSR count). The number of alkyl halides is 3. The zero-order valence-corrected chi connectivity index (χ0v) is 15.6. The first-order valence-corrected chi connectivity index (χ1v) is 9.32. The number of halogens is 3. The Morgan fingerprint density at radius 1 is 1.14 bits per heavy atom. The van der Waals surface area contributed by atoms with Gasteiger partial charge in [0.05, 0.1) is 23.7 Å². The van der Waals surface area contributed by atoms with E-state index in [9.17, 15) is 13.2 Å². The van der Waals surface area contributed by atoms with Crippen LogP contribution in [0.15, 0.2) is 53.9 Å². The summed E-state index contributed by atoms with van der Waals surface area (Å²) in [5, 5.41) is 5.38. The van der Waals surface area contributed by atoms with Crippen molar-refractivity contribution in [2.75, 3.05) is 19.0 Å². The maximum Gasteiger partial charge on any atom is 0.573 e. The molecule has 2 aromatic carbocycles. The molecule has 2 heterocycles. The molecule has 0 fully saturated rings. The van der Waals surface area contributed by atoms with Crippen LogP contribution in [0.3, 0.4) is 0 Å². The number of methoxy groups -OCH3 is 1. The van der Waals surface area contributed by atoms with Crippen LogP contribution in [0.2, 0.25) is 0 Å². The highest BCUT2D eigenvalue weighted by atomic mass is 32.1. The van der Waals surface area contributed by atoms with Gasteiger partial charge < -0.3 is 19.5 Å². The van der Waals surface area contributed by atoms with Crippen molar-refractivity contribution in [3.8, 4) is 28.4 Å². The van der Waals surface area contributed by atoms with Crippen LogP contribution in [0, 0.1) is 0 Å². The van der Waals surface area contributed by atoms with E-state index in [-0.39, 0.29) is 11.8 Å². The number of benzene rings is 2. The number of para-hydroxylation sites is 1. The molecule has 8 heteroatoms. The van der Waals surface area contributed by atoms with Crippen LogP contribution in [0.4, 0.5) is 18.9 Å². The van der Waals surface area contributed by atoms with Gasteiger partial charge in [-0.2, -0.15) is 0 Å². The Kier molecular flexibility index (Phi) is 4.80. The first-order chi connectivity index (χ1) is 13.4. The van der Waals surface area contributed by atoms with Crippen LogP contribution in [0.1, 0.15) is 10.9 Å². The maximum absolute atomic E-state index is 12.5. The average Bonchev–Trinajstić information content (AvgIpc) is 3.15. The Morgan fingerprint density at radius 2 is 1.96 bits per heavy atom. The van der Waals surface area contributed by atoms with E-state index < -0.39 is 6.36 Å². The molecule has 1 unspecified atom stereocenters. The second kappa shape index (κ2) is 7.27. The monoisotopic (exact) mass is 407 g/mol. The fourth-order valence-electron chi connectivity index (χ4n) is 3.16. The predicted molar refractivity (Wildman–Crippen MR) is 101 cm³/mol. The van der Waals surface area contributed by atoms with E-state index >= 15 is 0 Å². The fourth-order valence-corrected chi connectivity index (χ4v) is 4.06. The molecule has 4 nitrogen and oxygen atoms in total. The van der Waals surface area contributed by atoms with Crippen LogP contribution in [-0.2, 0) is 0 Å². The fraction of sp³-hybridized carbons (Fsp3) is 0.200. The average molecular weight is 407 g/mol. The summed E-state index contributed by atoms with van der Waals surface area (Å²) in [6.45, 7) is 0.375. The van der Waals surface area contributed by atoms with E-state index in [1.807, 2.05) is 23.6 Å². The number of hydrogen-bond donors (Lipinski definition) is 1. The highest BCUT2D eigenvalue weighted by Crippen LogP contribution is 2.44. The molecular weight excluding hydrogens is 391 g/mol. The number of nitrogens with one attached hydrogen (secondary N) is 1. The van der Waals surface area contributed by atoms with E-state index in [0.717, 1.165) is 16.3 Å². The standard InChI is InChI=1S/C20H16F3NO3S/c1-25-17-8-9-28-19(17)16-11-26-18-14(6-3-7-15(18)24-16)12-4-2-5-13(10-12)27-20(21,22)23/h2-10,16,24H,11H2,1H3. The lowest BCUT2D eigenvalue weighted by atomic mass is 10.0. The Balaban J connectivity index is 1.65. The van der Waals surface area contributed by atoms with E-state index in [1.54, 1.807) is 30.6 Å². The second-order valence-electron chi connectivity index (χ2n) is 6.12. The van der Waals surface area contributed by atoms with Crippen LogP contribution < -0.4 is 19.5 Å². The molecule has 0 amide bonds. The van der Waals surface area contributed by atoms with E-state index in [4.69, 9.17) is 9.47 Å². The van der Waals surface area contributed by atoms with Gasteiger partial charge in [0.2, 0.25) is 0 Å². The van der Waals surface area contributed by atoms with Crippen molar-refractivity contribution in [2.24, 2.45) is 0 Å². The van der Waals surface area contributed by atoms with E-state index in [0.29, 0.717) is 23.5 Å². The number of fused-ring (bicyclic) bond motifs is 1. The van der Waals surface area contributed by atoms with Gasteiger partial charge in [0.25, 0.3) is 0 Å². The lowest BCUT2D eigenvalue weighted by Gasteiger charge is -2.29. The molecule has 0 aliphatic carbocycles. The van der Waals surface area contributed by atoms with Gasteiger partial charge in [-0.25, -0.2) is 0 Å². The zero-order valence-electron chi connectivity index (χ0n) is 14.7. The van der Waals surface area contributed by atoms with E-state index in [2.05, 4.69) is 10.1 Å². The smallest absolute Gasteiger partial charge is 0.496 e. The minimum absolute atomic E-state index is 0.0717. The van der Waals surface area contributed by atoms with Gasteiger partial charge in [-0.1, -0.05) is 24.3 Å². The van der Waals surface area contributed by atoms with Gasteiger partial charge in [-0.15, -0.1) is 24.5 Å². The van der Waals surface area contributed by atoms with Crippen molar-refractivity contribution in [2.45, 2.75) is 12.4 Å². The Morgan fingerprint density at radius 3 is 2.75 bits per heavy atom. The van der Waals surface area contributed by atoms with Crippen molar-refractivity contribution in [1.29, 1.82) is 0 Å². The zero-order chi connectivity index (χ0) is 19.7. The van der Waals surface area contributed by atoms with Gasteiger partial charge in [0.1, 0.15) is 23.9 Å². The van der Waals surface area contributed by atoms with Gasteiger partial charge in [-0.3, -0.25) is 0 Å². The van der Waals surface area contributed by atoms with Gasteiger partial charge >= 0.3 is 6.36 Å². The summed E-state index contributed by atoms with van der Waals surface area (Å²) in [5.41, 5.74) is 2.04. The van der Waals surface area contributed by atoms with Gasteiger partial charge in [0.15, 0.2) is 0 Å². The quantitative estimate of drug-likeness (QED) is 0.587. The third-order valence-electron chi connectivity index (χ3n) is 4.31. The van der Waals surface area contributed by atoms with Crippen molar-refractivity contribution in [3.63, 3.8) is 0 Å². The molecule has 0 saturated heterocycles. The number of thiophene rings is 1. The lowest BCUT2D eigenvalue weighted by molar-refractivity contribution is -0.274. The van der Waals surface area contributed by atoms with Gasteiger partial charge in [0, 0.05) is 5.56 Å². The number of rotatable bonds is 4. The third-order valence-corrected chi connectivity index (χ3v) is 5.32. The topological polar surface area (TPSA) is 39.7 Å². The molecule has 1 N–H and O–H groups in total. The van der Waals surface area contributed by atoms with Crippen molar-refractivity contribution in [1.82, 2.24) is 0 Å². The van der Waals surface area contributed by atoms with Crippen molar-refractivity contribution >= 4 is 17.0 Å².